The highest BCUT2D eigenvalue weighted by atomic mass is 79.9. The number of aromatic hydroxyl groups is 2. The molecule has 6 aliphatic rings. The maximum atomic E-state index is 13.7. The summed E-state index contributed by atoms with van der Waals surface area (Å²) in [7, 11) is 1.33. The highest BCUT2D eigenvalue weighted by Crippen LogP contribution is 2.63. The van der Waals surface area contributed by atoms with Crippen molar-refractivity contribution in [2.75, 3.05) is 18.7 Å². The molecule has 0 spiro atoms. The number of amidine groups is 2. The number of Topliss-reactive ketones (excluding diaryl/α,β-unsaturated/α-hetero) is 2. The summed E-state index contributed by atoms with van der Waals surface area (Å²) in [5.41, 5.74) is 3.29. The lowest BCUT2D eigenvalue weighted by Crippen LogP contribution is -2.38. The summed E-state index contributed by atoms with van der Waals surface area (Å²) in [5.74, 6) is -2.52. The average molecular weight is 558 g/mol. The van der Waals surface area contributed by atoms with E-state index >= 15 is 0 Å². The lowest BCUT2D eigenvalue weighted by atomic mass is 9.58. The Balaban J connectivity index is 1.49. The van der Waals surface area contributed by atoms with Gasteiger partial charge in [-0.2, -0.15) is 0 Å². The van der Waals surface area contributed by atoms with E-state index in [4.69, 9.17) is 10.1 Å². The molecule has 2 atom stereocenters. The molecule has 37 heavy (non-hydrogen) atoms. The fourth-order valence-electron chi connectivity index (χ4n) is 5.98. The van der Waals surface area contributed by atoms with E-state index < -0.39 is 23.4 Å². The highest BCUT2D eigenvalue weighted by molar-refractivity contribution is 9.12. The van der Waals surface area contributed by atoms with Crippen molar-refractivity contribution in [3.05, 3.63) is 74.0 Å². The highest BCUT2D eigenvalue weighted by Gasteiger charge is 2.53. The number of fused-ring (bicyclic) bond motifs is 1. The number of phenols is 2. The van der Waals surface area contributed by atoms with Crippen LogP contribution in [0.5, 0.6) is 11.5 Å². The Morgan fingerprint density at radius 2 is 1.76 bits per heavy atom. The quantitative estimate of drug-likeness (QED) is 0.381. The number of aliphatic imine (C=N–C) groups is 3. The first-order valence-electron chi connectivity index (χ1n) is 11.3. The van der Waals surface area contributed by atoms with Gasteiger partial charge in [0.2, 0.25) is 11.6 Å². The molecule has 0 amide bonds. The van der Waals surface area contributed by atoms with Gasteiger partial charge in [0.1, 0.15) is 34.7 Å². The predicted molar refractivity (Wildman–Crippen MR) is 138 cm³/mol. The second-order valence-corrected chi connectivity index (χ2v) is 9.83. The first-order chi connectivity index (χ1) is 17.8. The third kappa shape index (κ3) is 2.58. The Kier molecular flexibility index (Phi) is 4.33. The van der Waals surface area contributed by atoms with Gasteiger partial charge in [0.15, 0.2) is 17.4 Å². The van der Waals surface area contributed by atoms with Gasteiger partial charge < -0.3 is 19.8 Å². The molecule has 4 aliphatic carbocycles. The Hall–Kier alpha value is -4.38. The van der Waals surface area contributed by atoms with Gasteiger partial charge in [-0.1, -0.05) is 24.3 Å². The molecule has 0 saturated carbocycles. The van der Waals surface area contributed by atoms with Crippen LogP contribution in [0.3, 0.4) is 0 Å². The molecule has 2 bridgehead atoms. The van der Waals surface area contributed by atoms with Crippen LogP contribution in [0.15, 0.2) is 66.7 Å². The van der Waals surface area contributed by atoms with Gasteiger partial charge >= 0.3 is 0 Å². The van der Waals surface area contributed by atoms with Crippen molar-refractivity contribution in [3.8, 4) is 11.5 Å². The summed E-state index contributed by atoms with van der Waals surface area (Å²) in [6, 6.07) is 8.82. The van der Waals surface area contributed by atoms with E-state index in [1.165, 1.54) is 19.5 Å². The Labute approximate surface area is 217 Å². The third-order valence-electron chi connectivity index (χ3n) is 7.42. The number of carbonyl (C=O) groups is 2. The molecule has 182 valence electrons. The maximum absolute atomic E-state index is 13.7. The molecule has 3 N–H and O–H groups in total. The standard InChI is InChI=1S/C26H16BrN5O5/c1-37-24-19(27)22(35)17-13-9-4-2-3-5-10(9)14(18(17)23(24)36)16-15(13)12(33)6-11(21(16)34)32-8-31-20-25(28)29-7-30-26(20)32/h2-7,13-14,28,33-34H,8H2,1H3. The van der Waals surface area contributed by atoms with Crippen LogP contribution in [-0.2, 0) is 14.3 Å². The maximum Gasteiger partial charge on any atom is 0.226 e. The lowest BCUT2D eigenvalue weighted by Gasteiger charge is -2.44. The SMILES string of the molecule is COC1=C(Br)C(=O)C2=C(C1=O)C1c3ccccc3C2c2c(O)cc(N3CN=C4C(=N)N=CN=C43)c(O)c21. The molecule has 2 heterocycles. The van der Waals surface area contributed by atoms with Crippen LogP contribution in [0.1, 0.15) is 34.1 Å². The number of ketones is 2. The Bertz CT molecular complexity index is 1700. The molecule has 0 radical (unpaired) electrons. The number of nitrogens with zero attached hydrogens (tertiary/aromatic N) is 4. The van der Waals surface area contributed by atoms with Crippen LogP contribution < -0.4 is 4.90 Å². The summed E-state index contributed by atoms with van der Waals surface area (Å²) in [4.78, 5) is 41.2. The van der Waals surface area contributed by atoms with Gasteiger partial charge in [0.25, 0.3) is 0 Å². The van der Waals surface area contributed by atoms with Crippen LogP contribution in [-0.4, -0.2) is 59.3 Å². The zero-order valence-corrected chi connectivity index (χ0v) is 20.7. The number of nitrogens with one attached hydrogen (secondary N) is 1. The zero-order valence-electron chi connectivity index (χ0n) is 19.1. The minimum absolute atomic E-state index is 0.0341. The van der Waals surface area contributed by atoms with E-state index in [1.807, 2.05) is 24.3 Å². The molecule has 11 heteroatoms. The Morgan fingerprint density at radius 1 is 1.08 bits per heavy atom. The first kappa shape index (κ1) is 21.9. The molecule has 2 unspecified atom stereocenters. The molecular weight excluding hydrogens is 542 g/mol. The summed E-state index contributed by atoms with van der Waals surface area (Å²) in [5, 5.41) is 31.1. The number of hydrogen-bond donors (Lipinski definition) is 3. The minimum Gasteiger partial charge on any atom is -0.508 e. The van der Waals surface area contributed by atoms with E-state index in [0.717, 1.165) is 11.1 Å². The number of halogens is 1. The number of phenolic OH excluding ortho intramolecular Hbond substituents is 2. The predicted octanol–water partition coefficient (Wildman–Crippen LogP) is 3.03. The molecule has 2 aromatic rings. The fourth-order valence-corrected chi connectivity index (χ4v) is 6.54. The average Bonchev–Trinajstić information content (AvgIpc) is 3.34. The minimum atomic E-state index is -0.810. The molecule has 0 saturated heterocycles. The van der Waals surface area contributed by atoms with Crippen molar-refractivity contribution in [1.82, 2.24) is 0 Å². The monoisotopic (exact) mass is 557 g/mol. The van der Waals surface area contributed by atoms with E-state index in [9.17, 15) is 19.8 Å². The van der Waals surface area contributed by atoms with Crippen LogP contribution in [0.4, 0.5) is 5.69 Å². The van der Waals surface area contributed by atoms with E-state index in [1.54, 1.807) is 4.90 Å². The zero-order chi connectivity index (χ0) is 25.7. The van der Waals surface area contributed by atoms with Crippen LogP contribution in [0, 0.1) is 5.41 Å². The number of allylic oxidation sites excluding steroid dienone is 3. The molecule has 0 fully saturated rings. The van der Waals surface area contributed by atoms with Crippen molar-refractivity contribution in [3.63, 3.8) is 0 Å². The molecule has 8 rings (SSSR count). The van der Waals surface area contributed by atoms with E-state index in [2.05, 4.69) is 30.9 Å². The summed E-state index contributed by atoms with van der Waals surface area (Å²) >= 11 is 3.24. The van der Waals surface area contributed by atoms with Crippen LogP contribution >= 0.6 is 15.9 Å². The molecule has 10 nitrogen and oxygen atoms in total. The number of ether oxygens (including phenoxy) is 1. The van der Waals surface area contributed by atoms with Gasteiger partial charge in [0, 0.05) is 40.2 Å². The van der Waals surface area contributed by atoms with Crippen molar-refractivity contribution < 1.29 is 24.5 Å². The number of methoxy groups -OCH3 is 1. The van der Waals surface area contributed by atoms with Gasteiger partial charge in [-0.05, 0) is 27.1 Å². The smallest absolute Gasteiger partial charge is 0.226 e. The van der Waals surface area contributed by atoms with Crippen molar-refractivity contribution in [2.24, 2.45) is 15.0 Å². The second kappa shape index (κ2) is 7.32. The Morgan fingerprint density at radius 3 is 2.46 bits per heavy atom. The first-order valence-corrected chi connectivity index (χ1v) is 12.1. The number of benzene rings is 2. The van der Waals surface area contributed by atoms with Crippen molar-refractivity contribution >= 4 is 56.9 Å². The normalized spacial score (nSPS) is 23.1. The van der Waals surface area contributed by atoms with Crippen LogP contribution in [0.25, 0.3) is 0 Å². The summed E-state index contributed by atoms with van der Waals surface area (Å²) in [6.45, 7) is 0.0608. The molecule has 2 aliphatic heterocycles. The van der Waals surface area contributed by atoms with Crippen molar-refractivity contribution in [1.29, 1.82) is 5.41 Å². The number of rotatable bonds is 2. The van der Waals surface area contributed by atoms with E-state index in [-0.39, 0.29) is 56.8 Å². The van der Waals surface area contributed by atoms with Crippen LogP contribution in [0.2, 0.25) is 0 Å². The van der Waals surface area contributed by atoms with Crippen molar-refractivity contribution in [2.45, 2.75) is 11.8 Å². The fraction of sp³-hybridized carbons (Fsp3) is 0.154. The molecular formula is C26H16BrN5O5. The van der Waals surface area contributed by atoms with Gasteiger partial charge in [0.05, 0.1) is 12.8 Å². The van der Waals surface area contributed by atoms with Gasteiger partial charge in [-0.3, -0.25) is 20.0 Å². The lowest BCUT2D eigenvalue weighted by molar-refractivity contribution is -0.118. The van der Waals surface area contributed by atoms with Gasteiger partial charge in [-0.25, -0.2) is 9.98 Å². The summed E-state index contributed by atoms with van der Waals surface area (Å²) in [6.07, 6.45) is 1.24. The molecule has 2 aromatic carbocycles. The topological polar surface area (TPSA) is 148 Å². The molecule has 0 aromatic heterocycles. The number of carbonyl (C=O) groups excluding carboxylic acids is 2. The number of hydrogen-bond acceptors (Lipinski definition) is 9. The van der Waals surface area contributed by atoms with E-state index in [0.29, 0.717) is 17.0 Å². The largest absolute Gasteiger partial charge is 0.508 e. The second-order valence-electron chi connectivity index (χ2n) is 9.04. The number of anilines is 1. The van der Waals surface area contributed by atoms with Gasteiger partial charge in [-0.15, -0.1) is 0 Å². The summed E-state index contributed by atoms with van der Waals surface area (Å²) < 4.78 is 5.33. The third-order valence-corrected chi connectivity index (χ3v) is 8.14.